The van der Waals surface area contributed by atoms with Crippen LogP contribution in [0.3, 0.4) is 0 Å². The second-order valence-electron chi connectivity index (χ2n) is 16.9. The number of carbonyl (C=O) groups is 2. The molecule has 0 aromatic rings. The van der Waals surface area contributed by atoms with Crippen molar-refractivity contribution < 1.29 is 37.6 Å². The first-order valence-electron chi connectivity index (χ1n) is 25.3. The van der Waals surface area contributed by atoms with Gasteiger partial charge in [-0.1, -0.05) is 204 Å². The van der Waals surface area contributed by atoms with Crippen molar-refractivity contribution in [1.82, 2.24) is 0 Å². The van der Waals surface area contributed by atoms with E-state index in [1.165, 1.54) is 161 Å². The van der Waals surface area contributed by atoms with Crippen molar-refractivity contribution in [2.75, 3.05) is 20.3 Å². The van der Waals surface area contributed by atoms with E-state index in [0.29, 0.717) is 6.42 Å². The molecule has 0 spiro atoms. The van der Waals surface area contributed by atoms with Crippen molar-refractivity contribution in [1.29, 1.82) is 0 Å². The predicted octanol–water partition coefficient (Wildman–Crippen LogP) is 16.5. The van der Waals surface area contributed by atoms with E-state index in [1.54, 1.807) is 0 Å². The zero-order chi connectivity index (χ0) is 44.6. The summed E-state index contributed by atoms with van der Waals surface area (Å²) in [4.78, 5) is 34.7. The molecule has 0 saturated carbocycles. The second kappa shape index (κ2) is 47.5. The summed E-state index contributed by atoms with van der Waals surface area (Å²) in [6.45, 7) is 3.89. The minimum atomic E-state index is -4.27. The lowest BCUT2D eigenvalue weighted by atomic mass is 10.1. The predicted molar refractivity (Wildman–Crippen MR) is 258 cm³/mol. The molecule has 2 unspecified atom stereocenters. The quantitative estimate of drug-likeness (QED) is 0.0279. The van der Waals surface area contributed by atoms with Gasteiger partial charge in [-0.2, -0.15) is 0 Å². The maximum Gasteiger partial charge on any atom is 0.472 e. The molecule has 0 aliphatic heterocycles. The fourth-order valence-electron chi connectivity index (χ4n) is 7.13. The Morgan fingerprint density at radius 3 is 1.15 bits per heavy atom. The van der Waals surface area contributed by atoms with Crippen LogP contribution in [0.25, 0.3) is 0 Å². The number of carbonyl (C=O) groups excluding carboxylic acids is 2. The minimum Gasteiger partial charge on any atom is -0.462 e. The third kappa shape index (κ3) is 47.3. The Hall–Kier alpha value is -1.99. The molecular weight excluding hydrogens is 784 g/mol. The topological polar surface area (TPSA) is 108 Å². The molecule has 0 saturated heterocycles. The Morgan fingerprint density at radius 2 is 0.787 bits per heavy atom. The van der Waals surface area contributed by atoms with E-state index < -0.39 is 26.5 Å². The number of phosphoric ester groups is 1. The number of unbranched alkanes of at least 4 members (excludes halogenated alkanes) is 28. The van der Waals surface area contributed by atoms with Gasteiger partial charge in [0.05, 0.1) is 6.61 Å². The van der Waals surface area contributed by atoms with Crippen LogP contribution in [0.4, 0.5) is 0 Å². The highest BCUT2D eigenvalue weighted by molar-refractivity contribution is 7.47. The van der Waals surface area contributed by atoms with Crippen LogP contribution in [0.2, 0.25) is 0 Å². The van der Waals surface area contributed by atoms with Crippen molar-refractivity contribution in [2.45, 2.75) is 251 Å². The van der Waals surface area contributed by atoms with Gasteiger partial charge < -0.3 is 14.4 Å². The molecular formula is C52H95O8P. The van der Waals surface area contributed by atoms with Crippen LogP contribution < -0.4 is 0 Å². The number of hydrogen-bond acceptors (Lipinski definition) is 7. The lowest BCUT2D eigenvalue weighted by Crippen LogP contribution is -2.29. The fourth-order valence-corrected chi connectivity index (χ4v) is 7.59. The van der Waals surface area contributed by atoms with Gasteiger partial charge in [0.25, 0.3) is 0 Å². The van der Waals surface area contributed by atoms with Gasteiger partial charge >= 0.3 is 19.8 Å². The minimum absolute atomic E-state index is 0.229. The molecule has 0 aromatic heterocycles. The SMILES string of the molecule is CCCCCCC/C=C\C/C=C\CCCCCCCCCCCC(=O)OCC(COP(=O)(O)OC)OC(=O)CCCCCCCCCCC/C=C\C/C=C\CCCCCCC. The number of rotatable bonds is 47. The Bertz CT molecular complexity index is 1130. The highest BCUT2D eigenvalue weighted by atomic mass is 31.2. The molecule has 0 aliphatic carbocycles. The third-order valence-corrected chi connectivity index (χ3v) is 12.0. The normalized spacial score (nSPS) is 13.6. The van der Waals surface area contributed by atoms with Crippen molar-refractivity contribution >= 4 is 19.8 Å². The van der Waals surface area contributed by atoms with Gasteiger partial charge in [0.1, 0.15) is 6.61 Å². The Kier molecular flexibility index (Phi) is 45.9. The third-order valence-electron chi connectivity index (χ3n) is 11.0. The molecule has 0 radical (unpaired) electrons. The number of esters is 2. The number of phosphoric acid groups is 1. The first kappa shape index (κ1) is 59.0. The first-order chi connectivity index (χ1) is 29.8. The zero-order valence-corrected chi connectivity index (χ0v) is 40.7. The molecule has 9 heteroatoms. The fraction of sp³-hybridized carbons (Fsp3) is 0.808. The van der Waals surface area contributed by atoms with Gasteiger partial charge in [0.15, 0.2) is 6.10 Å². The summed E-state index contributed by atoms with van der Waals surface area (Å²) in [5.74, 6) is -0.807. The van der Waals surface area contributed by atoms with E-state index in [1.807, 2.05) is 0 Å². The maximum atomic E-state index is 12.6. The Morgan fingerprint density at radius 1 is 0.459 bits per heavy atom. The smallest absolute Gasteiger partial charge is 0.462 e. The molecule has 0 amide bonds. The van der Waals surface area contributed by atoms with Gasteiger partial charge in [-0.05, 0) is 77.0 Å². The molecule has 61 heavy (non-hydrogen) atoms. The van der Waals surface area contributed by atoms with E-state index in [4.69, 9.17) is 14.0 Å². The molecule has 0 aliphatic rings. The highest BCUT2D eigenvalue weighted by Crippen LogP contribution is 2.42. The zero-order valence-electron chi connectivity index (χ0n) is 39.8. The first-order valence-corrected chi connectivity index (χ1v) is 26.8. The van der Waals surface area contributed by atoms with Gasteiger partial charge in [0, 0.05) is 20.0 Å². The summed E-state index contributed by atoms with van der Waals surface area (Å²) in [6.07, 6.45) is 58.8. The average Bonchev–Trinajstić information content (AvgIpc) is 3.25. The van der Waals surface area contributed by atoms with E-state index in [2.05, 4.69) is 67.0 Å². The van der Waals surface area contributed by atoms with E-state index in [0.717, 1.165) is 58.5 Å². The standard InChI is InChI=1S/C52H95O8P/c1-4-6-8-10-12-14-16-18-20-22-24-26-28-30-32-34-36-38-40-42-44-46-51(53)58-48-50(49-59-61(55,56)57-3)60-52(54)47-45-43-41-39-37-35-33-31-29-27-25-23-21-19-17-15-13-11-9-7-5-2/h16-19,22-25,50H,4-15,20-21,26-49H2,1-3H3,(H,55,56)/b18-16-,19-17-,24-22-,25-23-. The van der Waals surface area contributed by atoms with Crippen molar-refractivity contribution in [2.24, 2.45) is 0 Å². The number of allylic oxidation sites excluding steroid dienone is 8. The van der Waals surface area contributed by atoms with Gasteiger partial charge in [-0.25, -0.2) is 4.57 Å². The molecule has 2 atom stereocenters. The lowest BCUT2D eigenvalue weighted by Gasteiger charge is -2.19. The second-order valence-corrected chi connectivity index (χ2v) is 18.5. The molecule has 356 valence electrons. The van der Waals surface area contributed by atoms with Gasteiger partial charge in [0.2, 0.25) is 0 Å². The molecule has 0 fully saturated rings. The van der Waals surface area contributed by atoms with Crippen LogP contribution in [0.15, 0.2) is 48.6 Å². The van der Waals surface area contributed by atoms with E-state index >= 15 is 0 Å². The Balaban J connectivity index is 3.92. The van der Waals surface area contributed by atoms with Gasteiger partial charge in [-0.15, -0.1) is 0 Å². The number of ether oxygens (including phenoxy) is 2. The highest BCUT2D eigenvalue weighted by Gasteiger charge is 2.24. The molecule has 1 N–H and O–H groups in total. The molecule has 0 bridgehead atoms. The largest absolute Gasteiger partial charge is 0.472 e. The average molecular weight is 879 g/mol. The maximum absolute atomic E-state index is 12.6. The van der Waals surface area contributed by atoms with Crippen LogP contribution >= 0.6 is 7.82 Å². The summed E-state index contributed by atoms with van der Waals surface area (Å²) in [5.41, 5.74) is 0. The van der Waals surface area contributed by atoms with Crippen LogP contribution in [0.5, 0.6) is 0 Å². The monoisotopic (exact) mass is 879 g/mol. The summed E-state index contributed by atoms with van der Waals surface area (Å²) >= 11 is 0. The summed E-state index contributed by atoms with van der Waals surface area (Å²) < 4.78 is 32.1. The lowest BCUT2D eigenvalue weighted by molar-refractivity contribution is -0.161. The summed E-state index contributed by atoms with van der Waals surface area (Å²) in [5, 5.41) is 0. The Labute approximate surface area is 376 Å². The van der Waals surface area contributed by atoms with Crippen molar-refractivity contribution in [3.8, 4) is 0 Å². The van der Waals surface area contributed by atoms with E-state index in [-0.39, 0.29) is 25.4 Å². The van der Waals surface area contributed by atoms with Crippen LogP contribution in [0.1, 0.15) is 245 Å². The molecule has 0 aromatic carbocycles. The van der Waals surface area contributed by atoms with Crippen LogP contribution in [0, 0.1) is 0 Å². The summed E-state index contributed by atoms with van der Waals surface area (Å²) in [7, 11) is -3.21. The van der Waals surface area contributed by atoms with Gasteiger partial charge in [-0.3, -0.25) is 18.6 Å². The summed E-state index contributed by atoms with van der Waals surface area (Å²) in [6, 6.07) is 0. The van der Waals surface area contributed by atoms with Crippen molar-refractivity contribution in [3.05, 3.63) is 48.6 Å². The van der Waals surface area contributed by atoms with Crippen LogP contribution in [-0.4, -0.2) is 43.3 Å². The number of hydrogen-bond donors (Lipinski definition) is 1. The van der Waals surface area contributed by atoms with E-state index in [9.17, 15) is 19.0 Å². The molecule has 0 heterocycles. The van der Waals surface area contributed by atoms with Crippen molar-refractivity contribution in [3.63, 3.8) is 0 Å². The van der Waals surface area contributed by atoms with Crippen LogP contribution in [-0.2, 0) is 32.7 Å². The molecule has 8 nitrogen and oxygen atoms in total. The molecule has 0 rings (SSSR count).